The maximum Gasteiger partial charge on any atom is 0.407 e. The van der Waals surface area contributed by atoms with E-state index in [2.05, 4.69) is 24.4 Å². The molecular weight excluding hydrogens is 260 g/mol. The molecule has 0 saturated carbocycles. The highest BCUT2D eigenvalue weighted by molar-refractivity contribution is 5.72. The average Bonchev–Trinajstić information content (AvgIpc) is 2.81. The van der Waals surface area contributed by atoms with E-state index in [1.807, 2.05) is 0 Å². The molecule has 6 nitrogen and oxygen atoms in total. The first kappa shape index (κ1) is 16.5. The topological polar surface area (TPSA) is 102 Å². The molecule has 1 rings (SSSR count). The van der Waals surface area contributed by atoms with Crippen molar-refractivity contribution in [3.8, 4) is 0 Å². The standard InChI is InChI=1S/C14H24N2O4/c1-10-5-4-6-11(10)9-20-14(19)16-8-3-2-7-12(15)13(17)18/h4-5,10-12H,2-3,6-9,15H2,1H3,(H,16,19)(H,17,18). The molecule has 0 aromatic heterocycles. The SMILES string of the molecule is CC1C=CCC1COC(=O)NCCCCC(N)C(=O)O. The molecule has 0 radical (unpaired) electrons. The molecule has 3 atom stereocenters. The number of carboxylic acid groups (broad SMARTS) is 1. The van der Waals surface area contributed by atoms with Gasteiger partial charge in [-0.1, -0.05) is 19.1 Å². The van der Waals surface area contributed by atoms with Crippen molar-refractivity contribution in [3.63, 3.8) is 0 Å². The summed E-state index contributed by atoms with van der Waals surface area (Å²) in [6.45, 7) is 3.02. The molecule has 0 aromatic rings. The van der Waals surface area contributed by atoms with Crippen molar-refractivity contribution in [1.82, 2.24) is 5.32 Å². The van der Waals surface area contributed by atoms with Crippen molar-refractivity contribution >= 4 is 12.1 Å². The smallest absolute Gasteiger partial charge is 0.407 e. The van der Waals surface area contributed by atoms with E-state index in [-0.39, 0.29) is 0 Å². The van der Waals surface area contributed by atoms with Crippen LogP contribution >= 0.6 is 0 Å². The lowest BCUT2D eigenvalue weighted by Crippen LogP contribution is -2.31. The van der Waals surface area contributed by atoms with Crippen LogP contribution in [0.1, 0.15) is 32.6 Å². The van der Waals surface area contributed by atoms with Crippen LogP contribution in [0.25, 0.3) is 0 Å². The lowest BCUT2D eigenvalue weighted by Gasteiger charge is -2.15. The fourth-order valence-corrected chi connectivity index (χ4v) is 2.10. The van der Waals surface area contributed by atoms with Gasteiger partial charge in [0.2, 0.25) is 0 Å². The fraction of sp³-hybridized carbons (Fsp3) is 0.714. The summed E-state index contributed by atoms with van der Waals surface area (Å²) in [5.41, 5.74) is 5.37. The molecule has 20 heavy (non-hydrogen) atoms. The number of nitrogens with one attached hydrogen (secondary N) is 1. The zero-order valence-corrected chi connectivity index (χ0v) is 11.9. The van der Waals surface area contributed by atoms with Crippen molar-refractivity contribution in [2.24, 2.45) is 17.6 Å². The van der Waals surface area contributed by atoms with E-state index in [9.17, 15) is 9.59 Å². The van der Waals surface area contributed by atoms with Gasteiger partial charge < -0.3 is 20.9 Å². The normalized spacial score (nSPS) is 22.5. The predicted octanol–water partition coefficient (Wildman–Crippen LogP) is 1.51. The highest BCUT2D eigenvalue weighted by Crippen LogP contribution is 2.24. The van der Waals surface area contributed by atoms with Gasteiger partial charge in [-0.25, -0.2) is 4.79 Å². The molecule has 114 valence electrons. The second kappa shape index (κ2) is 8.58. The highest BCUT2D eigenvalue weighted by atomic mass is 16.5. The van der Waals surface area contributed by atoms with Gasteiger partial charge in [-0.3, -0.25) is 4.79 Å². The van der Waals surface area contributed by atoms with Gasteiger partial charge in [0.05, 0.1) is 6.61 Å². The summed E-state index contributed by atoms with van der Waals surface area (Å²) >= 11 is 0. The van der Waals surface area contributed by atoms with Crippen molar-refractivity contribution in [3.05, 3.63) is 12.2 Å². The van der Waals surface area contributed by atoms with E-state index in [1.54, 1.807) is 0 Å². The summed E-state index contributed by atoms with van der Waals surface area (Å²) in [5, 5.41) is 11.3. The summed E-state index contributed by atoms with van der Waals surface area (Å²) in [6, 6.07) is -0.821. The van der Waals surface area contributed by atoms with Crippen molar-refractivity contribution < 1.29 is 19.4 Å². The Balaban J connectivity index is 1.99. The van der Waals surface area contributed by atoms with Gasteiger partial charge in [0, 0.05) is 12.5 Å². The Bertz CT molecular complexity index is 357. The van der Waals surface area contributed by atoms with Crippen LogP contribution in [-0.4, -0.2) is 36.4 Å². The van der Waals surface area contributed by atoms with Crippen LogP contribution in [0.4, 0.5) is 4.79 Å². The van der Waals surface area contributed by atoms with Crippen LogP contribution in [0, 0.1) is 11.8 Å². The van der Waals surface area contributed by atoms with E-state index >= 15 is 0 Å². The first-order valence-corrected chi connectivity index (χ1v) is 7.06. The Morgan fingerprint density at radius 3 is 2.85 bits per heavy atom. The number of carboxylic acids is 1. The number of amides is 1. The number of ether oxygens (including phenoxy) is 1. The lowest BCUT2D eigenvalue weighted by atomic mass is 9.99. The van der Waals surface area contributed by atoms with Crippen LogP contribution in [0.2, 0.25) is 0 Å². The second-order valence-electron chi connectivity index (χ2n) is 5.25. The van der Waals surface area contributed by atoms with E-state index in [0.717, 1.165) is 6.42 Å². The molecule has 0 fully saturated rings. The quantitative estimate of drug-likeness (QED) is 0.463. The second-order valence-corrected chi connectivity index (χ2v) is 5.25. The number of hydrogen-bond acceptors (Lipinski definition) is 4. The molecule has 3 unspecified atom stereocenters. The Labute approximate surface area is 119 Å². The molecular formula is C14H24N2O4. The van der Waals surface area contributed by atoms with Crippen molar-refractivity contribution in [1.29, 1.82) is 0 Å². The maximum atomic E-state index is 11.4. The molecule has 1 aliphatic rings. The molecule has 0 aliphatic heterocycles. The Hall–Kier alpha value is -1.56. The third-order valence-electron chi connectivity index (χ3n) is 3.58. The van der Waals surface area contributed by atoms with Gasteiger partial charge in [-0.15, -0.1) is 0 Å². The monoisotopic (exact) mass is 284 g/mol. The minimum absolute atomic E-state index is 0.384. The zero-order valence-electron chi connectivity index (χ0n) is 11.9. The minimum Gasteiger partial charge on any atom is -0.480 e. The molecule has 4 N–H and O–H groups in total. The van der Waals surface area contributed by atoms with Crippen molar-refractivity contribution in [2.75, 3.05) is 13.2 Å². The lowest BCUT2D eigenvalue weighted by molar-refractivity contribution is -0.138. The van der Waals surface area contributed by atoms with Gasteiger partial charge in [0.15, 0.2) is 0 Å². The van der Waals surface area contributed by atoms with Crippen LogP contribution < -0.4 is 11.1 Å². The first-order chi connectivity index (χ1) is 9.50. The van der Waals surface area contributed by atoms with Crippen LogP contribution in [-0.2, 0) is 9.53 Å². The number of allylic oxidation sites excluding steroid dienone is 2. The molecule has 0 spiro atoms. The van der Waals surface area contributed by atoms with Gasteiger partial charge in [-0.2, -0.15) is 0 Å². The number of unbranched alkanes of at least 4 members (excludes halogenated alkanes) is 1. The largest absolute Gasteiger partial charge is 0.480 e. The van der Waals surface area contributed by atoms with E-state index < -0.39 is 18.1 Å². The van der Waals surface area contributed by atoms with Crippen LogP contribution in [0.15, 0.2) is 12.2 Å². The van der Waals surface area contributed by atoms with Gasteiger partial charge in [0.25, 0.3) is 0 Å². The number of carbonyl (C=O) groups is 2. The summed E-state index contributed by atoms with van der Waals surface area (Å²) in [6.07, 6.45) is 6.57. The van der Waals surface area contributed by atoms with Crippen LogP contribution in [0.5, 0.6) is 0 Å². The van der Waals surface area contributed by atoms with Gasteiger partial charge >= 0.3 is 12.1 Å². The molecule has 0 bridgehead atoms. The number of hydrogen-bond donors (Lipinski definition) is 3. The number of nitrogens with two attached hydrogens (primary N) is 1. The predicted molar refractivity (Wildman–Crippen MR) is 75.2 cm³/mol. The first-order valence-electron chi connectivity index (χ1n) is 7.06. The number of aliphatic carboxylic acids is 1. The molecule has 0 aromatic carbocycles. The summed E-state index contributed by atoms with van der Waals surface area (Å²) in [4.78, 5) is 21.9. The third-order valence-corrected chi connectivity index (χ3v) is 3.58. The summed E-state index contributed by atoms with van der Waals surface area (Å²) < 4.78 is 5.15. The molecule has 0 saturated heterocycles. The molecule has 6 heteroatoms. The summed E-state index contributed by atoms with van der Waals surface area (Å²) in [7, 11) is 0. The molecule has 0 heterocycles. The number of alkyl carbamates (subject to hydrolysis) is 1. The number of carbonyl (C=O) groups excluding carboxylic acids is 1. The van der Waals surface area contributed by atoms with Crippen LogP contribution in [0.3, 0.4) is 0 Å². The Morgan fingerprint density at radius 2 is 2.25 bits per heavy atom. The molecule has 1 amide bonds. The van der Waals surface area contributed by atoms with E-state index in [4.69, 9.17) is 15.6 Å². The molecule has 1 aliphatic carbocycles. The van der Waals surface area contributed by atoms with Gasteiger partial charge in [0.1, 0.15) is 6.04 Å². The van der Waals surface area contributed by atoms with Crippen molar-refractivity contribution in [2.45, 2.75) is 38.6 Å². The number of rotatable bonds is 8. The summed E-state index contributed by atoms with van der Waals surface area (Å²) in [5.74, 6) is -0.147. The maximum absolute atomic E-state index is 11.4. The minimum atomic E-state index is -0.989. The Kier molecular flexibility index (Phi) is 7.08. The van der Waals surface area contributed by atoms with Gasteiger partial charge in [-0.05, 0) is 31.6 Å². The highest BCUT2D eigenvalue weighted by Gasteiger charge is 2.20. The zero-order chi connectivity index (χ0) is 15.0. The Morgan fingerprint density at radius 1 is 1.50 bits per heavy atom. The fourth-order valence-electron chi connectivity index (χ4n) is 2.10. The van der Waals surface area contributed by atoms with E-state index in [0.29, 0.717) is 44.2 Å². The average molecular weight is 284 g/mol. The third kappa shape index (κ3) is 6.06. The van der Waals surface area contributed by atoms with E-state index in [1.165, 1.54) is 0 Å².